The average Bonchev–Trinajstić information content (AvgIpc) is 2.51. The number of rotatable bonds is 0. The highest BCUT2D eigenvalue weighted by Crippen LogP contribution is 2.39. The number of nitrogens with zero attached hydrogens (tertiary/aromatic N) is 3. The maximum Gasteiger partial charge on any atom is 0.261 e. The van der Waals surface area contributed by atoms with Crippen LogP contribution in [0.2, 0.25) is 5.02 Å². The summed E-state index contributed by atoms with van der Waals surface area (Å²) in [6.45, 7) is 0. The summed E-state index contributed by atoms with van der Waals surface area (Å²) in [5.41, 5.74) is 2.26. The first-order chi connectivity index (χ1) is 9.09. The normalized spacial score (nSPS) is 13.9. The molecule has 1 aromatic heterocycles. The second-order valence-corrected chi connectivity index (χ2v) is 4.87. The summed E-state index contributed by atoms with van der Waals surface area (Å²) in [5, 5.41) is 0.603. The van der Waals surface area contributed by atoms with Crippen molar-refractivity contribution in [3.05, 3.63) is 47.1 Å². The van der Waals surface area contributed by atoms with Gasteiger partial charge in [-0.3, -0.25) is 4.79 Å². The molecule has 0 unspecified atom stereocenters. The number of aromatic nitrogens is 1. The molecule has 96 valence electrons. The lowest BCUT2D eigenvalue weighted by molar-refractivity contribution is 0.0994. The minimum atomic E-state index is -0.0871. The van der Waals surface area contributed by atoms with Gasteiger partial charge >= 0.3 is 0 Å². The Kier molecular flexibility index (Phi) is 2.68. The molecule has 5 heteroatoms. The first-order valence-corrected chi connectivity index (χ1v) is 6.24. The van der Waals surface area contributed by atoms with Gasteiger partial charge < -0.3 is 9.80 Å². The minimum absolute atomic E-state index is 0.0871. The summed E-state index contributed by atoms with van der Waals surface area (Å²) in [5.74, 6) is 0.566. The molecule has 2 aromatic rings. The van der Waals surface area contributed by atoms with Crippen LogP contribution in [0.4, 0.5) is 17.2 Å². The standard InChI is InChI=1S/C14H12ClN3O/c1-17-11-6-5-9(15)8-12(11)18(2)14(19)10-4-3-7-16-13(10)17/h3-8H,1-2H3. The Hall–Kier alpha value is -2.07. The van der Waals surface area contributed by atoms with E-state index >= 15 is 0 Å². The van der Waals surface area contributed by atoms with E-state index in [1.807, 2.05) is 24.1 Å². The van der Waals surface area contributed by atoms with E-state index in [2.05, 4.69) is 4.98 Å². The molecule has 19 heavy (non-hydrogen) atoms. The lowest BCUT2D eigenvalue weighted by atomic mass is 10.2. The van der Waals surface area contributed by atoms with Crippen LogP contribution in [0.5, 0.6) is 0 Å². The summed E-state index contributed by atoms with van der Waals surface area (Å²) in [7, 11) is 3.64. The second kappa shape index (κ2) is 4.24. The second-order valence-electron chi connectivity index (χ2n) is 4.43. The fraction of sp³-hybridized carbons (Fsp3) is 0.143. The van der Waals surface area contributed by atoms with E-state index in [4.69, 9.17) is 11.6 Å². The van der Waals surface area contributed by atoms with Crippen LogP contribution in [0, 0.1) is 0 Å². The van der Waals surface area contributed by atoms with E-state index in [1.165, 1.54) is 0 Å². The van der Waals surface area contributed by atoms with E-state index in [9.17, 15) is 4.79 Å². The van der Waals surface area contributed by atoms with E-state index < -0.39 is 0 Å². The molecular formula is C14H12ClN3O. The number of anilines is 3. The van der Waals surface area contributed by atoms with Gasteiger partial charge in [0.15, 0.2) is 0 Å². The Morgan fingerprint density at radius 1 is 1.11 bits per heavy atom. The lowest BCUT2D eigenvalue weighted by Crippen LogP contribution is -2.25. The molecule has 3 rings (SSSR count). The number of pyridine rings is 1. The minimum Gasteiger partial charge on any atom is -0.327 e. The molecule has 1 aliphatic heterocycles. The molecule has 1 aliphatic rings. The molecular weight excluding hydrogens is 262 g/mol. The van der Waals surface area contributed by atoms with Gasteiger partial charge in [0.05, 0.1) is 16.9 Å². The number of carbonyl (C=O) groups excluding carboxylic acids is 1. The van der Waals surface area contributed by atoms with Gasteiger partial charge in [-0.2, -0.15) is 0 Å². The van der Waals surface area contributed by atoms with Crippen molar-refractivity contribution in [3.63, 3.8) is 0 Å². The van der Waals surface area contributed by atoms with Crippen LogP contribution in [0.15, 0.2) is 36.5 Å². The van der Waals surface area contributed by atoms with Crippen LogP contribution in [-0.2, 0) is 0 Å². The first kappa shape index (κ1) is 12.0. The van der Waals surface area contributed by atoms with Crippen molar-refractivity contribution in [1.82, 2.24) is 4.98 Å². The molecule has 0 saturated carbocycles. The van der Waals surface area contributed by atoms with Gasteiger partial charge in [0.1, 0.15) is 5.82 Å². The fourth-order valence-corrected chi connectivity index (χ4v) is 2.45. The molecule has 0 saturated heterocycles. The molecule has 0 bridgehead atoms. The quantitative estimate of drug-likeness (QED) is 0.740. The Bertz CT molecular complexity index is 671. The Labute approximate surface area is 116 Å². The molecule has 0 spiro atoms. The summed E-state index contributed by atoms with van der Waals surface area (Å²) < 4.78 is 0. The van der Waals surface area contributed by atoms with E-state index in [0.717, 1.165) is 11.4 Å². The summed E-state index contributed by atoms with van der Waals surface area (Å²) in [4.78, 5) is 20.3. The monoisotopic (exact) mass is 273 g/mol. The number of hydrogen-bond acceptors (Lipinski definition) is 3. The number of hydrogen-bond donors (Lipinski definition) is 0. The molecule has 1 aromatic carbocycles. The lowest BCUT2D eigenvalue weighted by Gasteiger charge is -2.21. The van der Waals surface area contributed by atoms with Gasteiger partial charge in [0, 0.05) is 25.3 Å². The summed E-state index contributed by atoms with van der Waals surface area (Å²) in [6.07, 6.45) is 1.68. The van der Waals surface area contributed by atoms with Gasteiger partial charge in [0.25, 0.3) is 5.91 Å². The van der Waals surface area contributed by atoms with Crippen molar-refractivity contribution in [2.24, 2.45) is 0 Å². The Balaban J connectivity index is 2.30. The van der Waals surface area contributed by atoms with Gasteiger partial charge in [-0.25, -0.2) is 4.98 Å². The number of amides is 1. The van der Waals surface area contributed by atoms with Crippen LogP contribution >= 0.6 is 11.6 Å². The van der Waals surface area contributed by atoms with E-state index in [1.54, 1.807) is 36.3 Å². The summed E-state index contributed by atoms with van der Waals surface area (Å²) >= 11 is 6.03. The van der Waals surface area contributed by atoms with E-state index in [0.29, 0.717) is 16.4 Å². The van der Waals surface area contributed by atoms with Crippen molar-refractivity contribution < 1.29 is 4.79 Å². The third-order valence-corrected chi connectivity index (χ3v) is 3.53. The highest BCUT2D eigenvalue weighted by Gasteiger charge is 2.27. The number of benzene rings is 1. The largest absolute Gasteiger partial charge is 0.327 e. The van der Waals surface area contributed by atoms with Crippen LogP contribution in [-0.4, -0.2) is 25.0 Å². The highest BCUT2D eigenvalue weighted by molar-refractivity contribution is 6.31. The third kappa shape index (κ3) is 1.76. The molecule has 0 radical (unpaired) electrons. The molecule has 0 fully saturated rings. The maximum absolute atomic E-state index is 12.5. The van der Waals surface area contributed by atoms with Gasteiger partial charge in [-0.1, -0.05) is 11.6 Å². The van der Waals surface area contributed by atoms with Gasteiger partial charge in [-0.15, -0.1) is 0 Å². The zero-order valence-electron chi connectivity index (χ0n) is 10.6. The highest BCUT2D eigenvalue weighted by atomic mass is 35.5. The molecule has 1 amide bonds. The number of fused-ring (bicyclic) bond motifs is 2. The van der Waals surface area contributed by atoms with E-state index in [-0.39, 0.29) is 5.91 Å². The van der Waals surface area contributed by atoms with Gasteiger partial charge in [-0.05, 0) is 30.3 Å². The van der Waals surface area contributed by atoms with Gasteiger partial charge in [0.2, 0.25) is 0 Å². The molecule has 2 heterocycles. The third-order valence-electron chi connectivity index (χ3n) is 3.30. The van der Waals surface area contributed by atoms with Crippen molar-refractivity contribution in [2.45, 2.75) is 0 Å². The molecule has 0 aliphatic carbocycles. The molecule has 0 atom stereocenters. The maximum atomic E-state index is 12.5. The molecule has 4 nitrogen and oxygen atoms in total. The van der Waals surface area contributed by atoms with Crippen LogP contribution in [0.3, 0.4) is 0 Å². The molecule has 0 N–H and O–H groups in total. The van der Waals surface area contributed by atoms with Crippen LogP contribution < -0.4 is 9.80 Å². The average molecular weight is 274 g/mol. The number of halogens is 1. The zero-order chi connectivity index (χ0) is 13.6. The SMILES string of the molecule is CN1C(=O)c2cccnc2N(C)c2ccc(Cl)cc21. The smallest absolute Gasteiger partial charge is 0.261 e. The number of carbonyl (C=O) groups is 1. The van der Waals surface area contributed by atoms with Crippen LogP contribution in [0.1, 0.15) is 10.4 Å². The van der Waals surface area contributed by atoms with Crippen molar-refractivity contribution in [1.29, 1.82) is 0 Å². The fourth-order valence-electron chi connectivity index (χ4n) is 2.28. The van der Waals surface area contributed by atoms with Crippen molar-refractivity contribution in [2.75, 3.05) is 23.9 Å². The van der Waals surface area contributed by atoms with Crippen molar-refractivity contribution in [3.8, 4) is 0 Å². The summed E-state index contributed by atoms with van der Waals surface area (Å²) in [6, 6.07) is 9.04. The topological polar surface area (TPSA) is 36.4 Å². The Morgan fingerprint density at radius 2 is 1.89 bits per heavy atom. The Morgan fingerprint density at radius 3 is 2.68 bits per heavy atom. The first-order valence-electron chi connectivity index (χ1n) is 5.86. The predicted molar refractivity (Wildman–Crippen MR) is 76.5 cm³/mol. The zero-order valence-corrected chi connectivity index (χ0v) is 11.3. The van der Waals surface area contributed by atoms with Crippen LogP contribution in [0.25, 0.3) is 0 Å². The van der Waals surface area contributed by atoms with Crippen molar-refractivity contribution >= 4 is 34.7 Å². The predicted octanol–water partition coefficient (Wildman–Crippen LogP) is 3.09.